The van der Waals surface area contributed by atoms with Gasteiger partial charge in [0.05, 0.1) is 19.2 Å². The van der Waals surface area contributed by atoms with E-state index in [0.29, 0.717) is 11.1 Å². The molecule has 1 saturated heterocycles. The smallest absolute Gasteiger partial charge is 0.245 e. The summed E-state index contributed by atoms with van der Waals surface area (Å²) in [6, 6.07) is 6.99. The van der Waals surface area contributed by atoms with Crippen LogP contribution in [0.3, 0.4) is 0 Å². The van der Waals surface area contributed by atoms with Gasteiger partial charge in [0.1, 0.15) is 36.0 Å². The molecule has 12 N–H and O–H groups in total. The van der Waals surface area contributed by atoms with E-state index in [1.165, 1.54) is 12.1 Å². The molecule has 7 amide bonds. The molecule has 1 heterocycles. The molecule has 0 saturated carbocycles. The number of primary amides is 1. The Morgan fingerprint density at radius 2 is 1.39 bits per heavy atom. The van der Waals surface area contributed by atoms with E-state index in [2.05, 4.69) is 31.9 Å². The second kappa shape index (κ2) is 20.5. The standard InChI is InChI=1S/C38H54N8O9S2/c1-20(2)28(34(53)41-18-27(40)49)44-36(55)30-38(5,6)57-56-37(3,4)29(45-31(50)24(39)16-22-12-14-23(48)15-13-22)35(54)42-25(17-21-10-8-7-9-11-21)32(51)43-26(19-47)33(52)46-30/h7-15,20,24-26,28-30,47-48H,16-19,39H2,1-6H3,(H2,40,49)(H,41,53)(H,42,54)(H,43,51)(H,44,55)(H,45,50)(H,46,52)/t24-,25-,26-,28-,29-,30?/m0/s1. The molecular formula is C38H54N8O9S2. The Labute approximate surface area is 339 Å². The fourth-order valence-electron chi connectivity index (χ4n) is 5.73. The summed E-state index contributed by atoms with van der Waals surface area (Å²) < 4.78 is -2.43. The van der Waals surface area contributed by atoms with Gasteiger partial charge < -0.3 is 53.6 Å². The number of rotatable bonds is 13. The summed E-state index contributed by atoms with van der Waals surface area (Å²) in [6.45, 7) is 8.62. The Morgan fingerprint density at radius 3 is 1.96 bits per heavy atom. The van der Waals surface area contributed by atoms with Gasteiger partial charge in [-0.1, -0.05) is 77.9 Å². The van der Waals surface area contributed by atoms with E-state index >= 15 is 0 Å². The van der Waals surface area contributed by atoms with Gasteiger partial charge in [0.25, 0.3) is 0 Å². The topological polar surface area (TPSA) is 284 Å². The Morgan fingerprint density at radius 1 is 0.807 bits per heavy atom. The first-order valence-electron chi connectivity index (χ1n) is 18.3. The third-order valence-corrected chi connectivity index (χ3v) is 13.3. The van der Waals surface area contributed by atoms with E-state index in [-0.39, 0.29) is 18.6 Å². The highest BCUT2D eigenvalue weighted by atomic mass is 33.1. The maximum atomic E-state index is 14.3. The lowest BCUT2D eigenvalue weighted by atomic mass is 9.98. The number of aliphatic hydroxyl groups excluding tert-OH is 1. The van der Waals surface area contributed by atoms with Crippen molar-refractivity contribution in [2.75, 3.05) is 13.2 Å². The lowest BCUT2D eigenvalue weighted by Gasteiger charge is -2.40. The number of nitrogens with one attached hydrogen (secondary N) is 6. The molecule has 2 aromatic rings. The largest absolute Gasteiger partial charge is 0.508 e. The van der Waals surface area contributed by atoms with Gasteiger partial charge in [0.15, 0.2) is 0 Å². The molecule has 0 aromatic heterocycles. The van der Waals surface area contributed by atoms with Crippen molar-refractivity contribution in [3.05, 3.63) is 65.7 Å². The Balaban J connectivity index is 2.06. The molecule has 19 heteroatoms. The fraction of sp³-hybridized carbons (Fsp3) is 0.500. The number of phenolic OH excluding ortho intramolecular Hbond substituents is 1. The van der Waals surface area contributed by atoms with Crippen LogP contribution in [0, 0.1) is 5.92 Å². The number of benzene rings is 2. The molecule has 0 spiro atoms. The highest BCUT2D eigenvalue weighted by Gasteiger charge is 2.46. The summed E-state index contributed by atoms with van der Waals surface area (Å²) in [5.41, 5.74) is 12.8. The number of nitrogens with two attached hydrogens (primary N) is 2. The first-order valence-corrected chi connectivity index (χ1v) is 20.4. The zero-order chi connectivity index (χ0) is 42.7. The first-order chi connectivity index (χ1) is 26.6. The number of hydrogen-bond donors (Lipinski definition) is 10. The summed E-state index contributed by atoms with van der Waals surface area (Å²) in [6.07, 6.45) is 0.0415. The summed E-state index contributed by atoms with van der Waals surface area (Å²) in [7, 11) is 2.23. The van der Waals surface area contributed by atoms with Crippen LogP contribution in [0.1, 0.15) is 52.7 Å². The van der Waals surface area contributed by atoms with E-state index in [0.717, 1.165) is 21.6 Å². The highest BCUT2D eigenvalue weighted by molar-refractivity contribution is 8.77. The molecule has 1 aliphatic heterocycles. The van der Waals surface area contributed by atoms with Crippen LogP contribution in [0.4, 0.5) is 0 Å². The van der Waals surface area contributed by atoms with Crippen molar-refractivity contribution in [1.29, 1.82) is 0 Å². The van der Waals surface area contributed by atoms with Crippen LogP contribution in [0.2, 0.25) is 0 Å². The van der Waals surface area contributed by atoms with Crippen molar-refractivity contribution in [2.45, 2.75) is 100 Å². The van der Waals surface area contributed by atoms with Crippen LogP contribution in [0.25, 0.3) is 0 Å². The quantitative estimate of drug-likeness (QED) is 0.110. The van der Waals surface area contributed by atoms with Crippen molar-refractivity contribution in [1.82, 2.24) is 31.9 Å². The van der Waals surface area contributed by atoms with Gasteiger partial charge in [-0.3, -0.25) is 33.6 Å². The molecule has 17 nitrogen and oxygen atoms in total. The Bertz CT molecular complexity index is 1760. The Kier molecular flexibility index (Phi) is 16.8. The number of phenols is 1. The zero-order valence-electron chi connectivity index (χ0n) is 32.8. The predicted octanol–water partition coefficient (Wildman–Crippen LogP) is -0.869. The van der Waals surface area contributed by atoms with E-state index in [9.17, 15) is 43.8 Å². The van der Waals surface area contributed by atoms with Gasteiger partial charge in [-0.2, -0.15) is 0 Å². The summed E-state index contributed by atoms with van der Waals surface area (Å²) in [4.78, 5) is 94.1. The second-order valence-corrected chi connectivity index (χ2v) is 18.6. The molecule has 2 aromatic carbocycles. The average Bonchev–Trinajstić information content (AvgIpc) is 3.15. The van der Waals surface area contributed by atoms with Crippen molar-refractivity contribution >= 4 is 62.9 Å². The molecule has 0 aliphatic carbocycles. The molecule has 0 bridgehead atoms. The highest BCUT2D eigenvalue weighted by Crippen LogP contribution is 2.46. The maximum absolute atomic E-state index is 14.3. The minimum Gasteiger partial charge on any atom is -0.508 e. The van der Waals surface area contributed by atoms with Crippen LogP contribution < -0.4 is 43.4 Å². The summed E-state index contributed by atoms with van der Waals surface area (Å²) >= 11 is 0. The zero-order valence-corrected chi connectivity index (χ0v) is 34.4. The van der Waals surface area contributed by atoms with E-state index in [1.807, 2.05) is 0 Å². The monoisotopic (exact) mass is 830 g/mol. The van der Waals surface area contributed by atoms with E-state index in [4.69, 9.17) is 11.5 Å². The third kappa shape index (κ3) is 13.6. The molecule has 1 fully saturated rings. The number of carbonyl (C=O) groups is 7. The maximum Gasteiger partial charge on any atom is 0.245 e. The summed E-state index contributed by atoms with van der Waals surface area (Å²) in [5, 5.41) is 35.7. The van der Waals surface area contributed by atoms with Gasteiger partial charge >= 0.3 is 0 Å². The van der Waals surface area contributed by atoms with Crippen molar-refractivity contribution in [3.8, 4) is 5.75 Å². The van der Waals surface area contributed by atoms with Crippen molar-refractivity contribution in [2.24, 2.45) is 17.4 Å². The van der Waals surface area contributed by atoms with Crippen LogP contribution in [0.5, 0.6) is 5.75 Å². The molecular weight excluding hydrogens is 777 g/mol. The van der Waals surface area contributed by atoms with E-state index in [1.54, 1.807) is 84.0 Å². The van der Waals surface area contributed by atoms with Gasteiger partial charge in [-0.25, -0.2) is 0 Å². The molecule has 0 radical (unpaired) electrons. The van der Waals surface area contributed by atoms with E-state index < -0.39 is 106 Å². The number of aromatic hydroxyl groups is 1. The average molecular weight is 831 g/mol. The van der Waals surface area contributed by atoms with Gasteiger partial charge in [-0.15, -0.1) is 0 Å². The molecule has 6 atom stereocenters. The lowest BCUT2D eigenvalue weighted by molar-refractivity contribution is -0.136. The number of amides is 7. The second-order valence-electron chi connectivity index (χ2n) is 15.1. The molecule has 1 aliphatic rings. The van der Waals surface area contributed by atoms with Gasteiger partial charge in [0.2, 0.25) is 41.4 Å². The first kappa shape index (κ1) is 46.5. The van der Waals surface area contributed by atoms with Crippen LogP contribution in [0.15, 0.2) is 54.6 Å². The minimum atomic E-state index is -1.58. The molecule has 3 rings (SSSR count). The van der Waals surface area contributed by atoms with Gasteiger partial charge in [-0.05, 0) is 63.3 Å². The number of hydrogen-bond acceptors (Lipinski definition) is 12. The fourth-order valence-corrected chi connectivity index (χ4v) is 8.55. The molecule has 57 heavy (non-hydrogen) atoms. The van der Waals surface area contributed by atoms with Crippen LogP contribution >= 0.6 is 21.6 Å². The lowest BCUT2D eigenvalue weighted by Crippen LogP contribution is -2.65. The Hall–Kier alpha value is -4.85. The normalized spacial score (nSPS) is 22.4. The number of carbonyl (C=O) groups excluding carboxylic acids is 7. The SMILES string of the molecule is CC(C)[C@H](NC(=O)C1NC(=O)[C@H](CO)NC(=O)[C@H](Cc2ccccc2)NC(=O)[C@H](NC(=O)[C@@H](N)Cc2ccc(O)cc2)C(C)(C)SSC1(C)C)C(=O)NCC(N)=O. The van der Waals surface area contributed by atoms with Gasteiger partial charge in [0, 0.05) is 15.9 Å². The van der Waals surface area contributed by atoms with Crippen molar-refractivity contribution in [3.63, 3.8) is 0 Å². The number of aliphatic hydroxyl groups is 1. The summed E-state index contributed by atoms with van der Waals surface area (Å²) in [5.74, 6) is -5.90. The van der Waals surface area contributed by atoms with Crippen molar-refractivity contribution < 1.29 is 43.8 Å². The third-order valence-electron chi connectivity index (χ3n) is 9.10. The molecule has 1 unspecified atom stereocenters. The minimum absolute atomic E-state index is 0.0337. The van der Waals surface area contributed by atoms with Crippen LogP contribution in [-0.4, -0.2) is 110 Å². The van der Waals surface area contributed by atoms with Crippen LogP contribution in [-0.2, 0) is 46.4 Å². The predicted molar refractivity (Wildman–Crippen MR) is 217 cm³/mol. The molecule has 312 valence electrons.